The molecule has 0 aromatic heterocycles. The summed E-state index contributed by atoms with van der Waals surface area (Å²) in [5.41, 5.74) is 2.07. The van der Waals surface area contributed by atoms with Crippen LogP contribution in [0.3, 0.4) is 0 Å². The summed E-state index contributed by atoms with van der Waals surface area (Å²) < 4.78 is 14.7. The van der Waals surface area contributed by atoms with Crippen molar-refractivity contribution in [3.8, 4) is 0 Å². The quantitative estimate of drug-likeness (QED) is 0.657. The molecule has 3 N–H and O–H groups in total. The van der Waals surface area contributed by atoms with Crippen LogP contribution in [0.2, 0.25) is 0 Å². The van der Waals surface area contributed by atoms with Crippen LogP contribution in [-0.2, 0) is 4.79 Å². The fourth-order valence-electron chi connectivity index (χ4n) is 2.69. The van der Waals surface area contributed by atoms with E-state index in [0.29, 0.717) is 16.4 Å². The number of allylic oxidation sites excluding steroid dienone is 1. The Hall–Kier alpha value is -2.25. The van der Waals surface area contributed by atoms with Crippen molar-refractivity contribution in [2.24, 2.45) is 0 Å². The van der Waals surface area contributed by atoms with E-state index in [9.17, 15) is 9.18 Å². The molecule has 0 spiro atoms. The highest BCUT2D eigenvalue weighted by molar-refractivity contribution is 9.10. The first-order chi connectivity index (χ1) is 12.0. The number of anilines is 1. The van der Waals surface area contributed by atoms with Crippen LogP contribution in [0.1, 0.15) is 18.5 Å². The molecule has 25 heavy (non-hydrogen) atoms. The van der Waals surface area contributed by atoms with Gasteiger partial charge in [-0.3, -0.25) is 4.79 Å². The van der Waals surface area contributed by atoms with Crippen LogP contribution in [0, 0.1) is 5.82 Å². The SMILES string of the molecule is CC1=C(C(=O)Nc2ccccc2F)C(c2ccccc2Br)NC(=S)N1. The van der Waals surface area contributed by atoms with Crippen LogP contribution in [0.4, 0.5) is 10.1 Å². The van der Waals surface area contributed by atoms with Gasteiger partial charge in [-0.05, 0) is 42.9 Å². The van der Waals surface area contributed by atoms with Gasteiger partial charge in [0.25, 0.3) is 5.91 Å². The number of rotatable bonds is 3. The zero-order valence-electron chi connectivity index (χ0n) is 13.3. The molecule has 128 valence electrons. The maximum Gasteiger partial charge on any atom is 0.255 e. The highest BCUT2D eigenvalue weighted by Crippen LogP contribution is 2.32. The Labute approximate surface area is 158 Å². The first-order valence-corrected chi connectivity index (χ1v) is 8.76. The molecule has 3 rings (SSSR count). The molecule has 7 heteroatoms. The Balaban J connectivity index is 1.99. The second-order valence-electron chi connectivity index (χ2n) is 5.53. The van der Waals surface area contributed by atoms with E-state index in [2.05, 4.69) is 31.9 Å². The molecule has 1 aliphatic rings. The van der Waals surface area contributed by atoms with Crippen LogP contribution in [0.5, 0.6) is 0 Å². The molecule has 0 fully saturated rings. The third kappa shape index (κ3) is 3.72. The molecule has 1 heterocycles. The predicted molar refractivity (Wildman–Crippen MR) is 103 cm³/mol. The van der Waals surface area contributed by atoms with Crippen LogP contribution in [-0.4, -0.2) is 11.0 Å². The number of benzene rings is 2. The van der Waals surface area contributed by atoms with Crippen molar-refractivity contribution in [3.05, 3.63) is 75.7 Å². The standard InChI is InChI=1S/C18H15BrFN3OS/c1-10-15(17(24)22-14-9-5-4-8-13(14)20)16(23-18(25)21-10)11-6-2-3-7-12(11)19/h2-9,16H,1H3,(H,22,24)(H2,21,23,25). The monoisotopic (exact) mass is 419 g/mol. The van der Waals surface area contributed by atoms with Gasteiger partial charge in [-0.15, -0.1) is 0 Å². The van der Waals surface area contributed by atoms with Gasteiger partial charge < -0.3 is 16.0 Å². The molecule has 0 bridgehead atoms. The maximum absolute atomic E-state index is 13.9. The predicted octanol–water partition coefficient (Wildman–Crippen LogP) is 4.02. The highest BCUT2D eigenvalue weighted by Gasteiger charge is 2.31. The van der Waals surface area contributed by atoms with E-state index in [1.807, 2.05) is 24.3 Å². The van der Waals surface area contributed by atoms with E-state index >= 15 is 0 Å². The highest BCUT2D eigenvalue weighted by atomic mass is 79.9. The molecule has 1 amide bonds. The topological polar surface area (TPSA) is 53.2 Å². The van der Waals surface area contributed by atoms with Gasteiger partial charge >= 0.3 is 0 Å². The minimum absolute atomic E-state index is 0.131. The van der Waals surface area contributed by atoms with E-state index in [1.165, 1.54) is 12.1 Å². The number of carbonyl (C=O) groups excluding carboxylic acids is 1. The minimum Gasteiger partial charge on any atom is -0.351 e. The number of nitrogens with one attached hydrogen (secondary N) is 3. The van der Waals surface area contributed by atoms with Crippen molar-refractivity contribution in [2.75, 3.05) is 5.32 Å². The normalized spacial score (nSPS) is 16.9. The summed E-state index contributed by atoms with van der Waals surface area (Å²) in [4.78, 5) is 12.9. The lowest BCUT2D eigenvalue weighted by molar-refractivity contribution is -0.113. The van der Waals surface area contributed by atoms with Crippen molar-refractivity contribution in [1.82, 2.24) is 10.6 Å². The zero-order valence-corrected chi connectivity index (χ0v) is 15.7. The number of hydrogen-bond acceptors (Lipinski definition) is 2. The lowest BCUT2D eigenvalue weighted by Crippen LogP contribution is -2.45. The Kier molecular flexibility index (Phi) is 5.15. The smallest absolute Gasteiger partial charge is 0.255 e. The number of halogens is 2. The number of para-hydroxylation sites is 1. The Bertz CT molecular complexity index is 884. The summed E-state index contributed by atoms with van der Waals surface area (Å²) in [6.45, 7) is 1.77. The first kappa shape index (κ1) is 17.6. The summed E-state index contributed by atoms with van der Waals surface area (Å²) in [5, 5.41) is 9.14. The van der Waals surface area contributed by atoms with Crippen LogP contribution in [0.15, 0.2) is 64.3 Å². The summed E-state index contributed by atoms with van der Waals surface area (Å²) in [5.74, 6) is -0.885. The molecule has 1 unspecified atom stereocenters. The van der Waals surface area contributed by atoms with Gasteiger partial charge in [0, 0.05) is 10.2 Å². The molecule has 1 aliphatic heterocycles. The van der Waals surface area contributed by atoms with Crippen LogP contribution in [0.25, 0.3) is 0 Å². The first-order valence-electron chi connectivity index (χ1n) is 7.56. The second kappa shape index (κ2) is 7.33. The van der Waals surface area contributed by atoms with Gasteiger partial charge in [0.15, 0.2) is 5.11 Å². The minimum atomic E-state index is -0.487. The molecule has 0 saturated heterocycles. The Morgan fingerprint density at radius 3 is 2.60 bits per heavy atom. The molecule has 0 saturated carbocycles. The van der Waals surface area contributed by atoms with Gasteiger partial charge in [0.2, 0.25) is 0 Å². The number of carbonyl (C=O) groups is 1. The fourth-order valence-corrected chi connectivity index (χ4v) is 3.47. The number of amides is 1. The van der Waals surface area contributed by atoms with Crippen molar-refractivity contribution in [3.63, 3.8) is 0 Å². The molecule has 2 aromatic carbocycles. The third-order valence-corrected chi connectivity index (χ3v) is 4.79. The lowest BCUT2D eigenvalue weighted by Gasteiger charge is -2.31. The van der Waals surface area contributed by atoms with Gasteiger partial charge in [-0.25, -0.2) is 4.39 Å². The third-order valence-electron chi connectivity index (χ3n) is 3.85. The summed E-state index contributed by atoms with van der Waals surface area (Å²) in [6, 6.07) is 13.2. The average molecular weight is 420 g/mol. The molecule has 0 radical (unpaired) electrons. The Morgan fingerprint density at radius 1 is 1.20 bits per heavy atom. The molecule has 0 aliphatic carbocycles. The second-order valence-corrected chi connectivity index (χ2v) is 6.79. The molecular formula is C18H15BrFN3OS. The summed E-state index contributed by atoms with van der Waals surface area (Å²) >= 11 is 8.74. The van der Waals surface area contributed by atoms with Crippen molar-refractivity contribution in [1.29, 1.82) is 0 Å². The van der Waals surface area contributed by atoms with E-state index in [1.54, 1.807) is 19.1 Å². The summed E-state index contributed by atoms with van der Waals surface area (Å²) in [7, 11) is 0. The van der Waals surface area contributed by atoms with Crippen LogP contribution < -0.4 is 16.0 Å². The van der Waals surface area contributed by atoms with E-state index < -0.39 is 17.8 Å². The summed E-state index contributed by atoms with van der Waals surface area (Å²) in [6.07, 6.45) is 0. The van der Waals surface area contributed by atoms with Crippen molar-refractivity contribution >= 4 is 44.9 Å². The fraction of sp³-hybridized carbons (Fsp3) is 0.111. The molecule has 2 aromatic rings. The van der Waals surface area contributed by atoms with E-state index in [0.717, 1.165) is 10.0 Å². The Morgan fingerprint density at radius 2 is 1.88 bits per heavy atom. The maximum atomic E-state index is 13.9. The van der Waals surface area contributed by atoms with E-state index in [-0.39, 0.29) is 5.69 Å². The largest absolute Gasteiger partial charge is 0.351 e. The number of hydrogen-bond donors (Lipinski definition) is 3. The van der Waals surface area contributed by atoms with Gasteiger partial charge in [0.1, 0.15) is 5.82 Å². The van der Waals surface area contributed by atoms with E-state index in [4.69, 9.17) is 12.2 Å². The van der Waals surface area contributed by atoms with Crippen LogP contribution >= 0.6 is 28.1 Å². The molecule has 4 nitrogen and oxygen atoms in total. The number of thiocarbonyl (C=S) groups is 1. The zero-order chi connectivity index (χ0) is 18.0. The molecular weight excluding hydrogens is 405 g/mol. The average Bonchev–Trinajstić information content (AvgIpc) is 2.56. The van der Waals surface area contributed by atoms with Gasteiger partial charge in [-0.1, -0.05) is 46.3 Å². The lowest BCUT2D eigenvalue weighted by atomic mass is 9.95. The van der Waals surface area contributed by atoms with Crippen molar-refractivity contribution < 1.29 is 9.18 Å². The van der Waals surface area contributed by atoms with Gasteiger partial charge in [0.05, 0.1) is 17.3 Å². The van der Waals surface area contributed by atoms with Crippen molar-refractivity contribution in [2.45, 2.75) is 13.0 Å². The molecule has 1 atom stereocenters. The van der Waals surface area contributed by atoms with Gasteiger partial charge in [-0.2, -0.15) is 0 Å².